The van der Waals surface area contributed by atoms with Gasteiger partial charge in [0.2, 0.25) is 10.0 Å². The van der Waals surface area contributed by atoms with E-state index in [-0.39, 0.29) is 17.6 Å². The summed E-state index contributed by atoms with van der Waals surface area (Å²) in [6, 6.07) is 1.12. The Morgan fingerprint density at radius 2 is 1.59 bits per heavy atom. The van der Waals surface area contributed by atoms with Crippen LogP contribution in [0.1, 0.15) is 45.1 Å². The van der Waals surface area contributed by atoms with E-state index in [2.05, 4.69) is 10.0 Å². The third-order valence-corrected chi connectivity index (χ3v) is 6.62. The van der Waals surface area contributed by atoms with Gasteiger partial charge in [0.25, 0.3) is 0 Å². The summed E-state index contributed by atoms with van der Waals surface area (Å²) in [5, 5.41) is 2.26. The second-order valence-corrected chi connectivity index (χ2v) is 9.39. The number of anilines is 1. The molecule has 1 aliphatic carbocycles. The molecule has 0 amide bonds. The van der Waals surface area contributed by atoms with E-state index in [4.69, 9.17) is 0 Å². The van der Waals surface area contributed by atoms with Crippen molar-refractivity contribution in [1.29, 1.82) is 0 Å². The van der Waals surface area contributed by atoms with Crippen LogP contribution in [0.25, 0.3) is 0 Å². The molecule has 0 atom stereocenters. The van der Waals surface area contributed by atoms with Crippen molar-refractivity contribution in [2.75, 3.05) is 11.9 Å². The molecular formula is C17H23F5N2O2S. The smallest absolute Gasteiger partial charge is 0.385 e. The molecule has 0 spiro atoms. The molecule has 1 aliphatic rings. The zero-order chi connectivity index (χ0) is 20.4. The molecular weight excluding hydrogens is 391 g/mol. The minimum atomic E-state index is -5.09. The monoisotopic (exact) mass is 414 g/mol. The van der Waals surface area contributed by atoms with Crippen molar-refractivity contribution in [3.8, 4) is 0 Å². The Kier molecular flexibility index (Phi) is 6.72. The van der Waals surface area contributed by atoms with Crippen LogP contribution in [0.5, 0.6) is 0 Å². The van der Waals surface area contributed by atoms with E-state index in [9.17, 15) is 30.4 Å². The third-order valence-electron chi connectivity index (χ3n) is 4.72. The first kappa shape index (κ1) is 21.9. The van der Waals surface area contributed by atoms with Gasteiger partial charge in [-0.05, 0) is 57.6 Å². The maximum absolute atomic E-state index is 13.6. The number of hydrogen-bond donors (Lipinski definition) is 2. The van der Waals surface area contributed by atoms with Gasteiger partial charge in [-0.1, -0.05) is 0 Å². The summed E-state index contributed by atoms with van der Waals surface area (Å²) < 4.78 is 91.3. The highest BCUT2D eigenvalue weighted by atomic mass is 32.2. The van der Waals surface area contributed by atoms with Crippen LogP contribution in [-0.4, -0.2) is 26.3 Å². The Labute approximate surface area is 155 Å². The van der Waals surface area contributed by atoms with Crippen molar-refractivity contribution in [3.63, 3.8) is 0 Å². The molecule has 2 N–H and O–H groups in total. The summed E-state index contributed by atoms with van der Waals surface area (Å²) in [6.07, 6.45) is -2.43. The lowest BCUT2D eigenvalue weighted by atomic mass is 9.86. The first-order chi connectivity index (χ1) is 12.4. The first-order valence-corrected chi connectivity index (χ1v) is 10.3. The summed E-state index contributed by atoms with van der Waals surface area (Å²) in [5.41, 5.74) is -1.95. The van der Waals surface area contributed by atoms with Crippen molar-refractivity contribution >= 4 is 15.7 Å². The van der Waals surface area contributed by atoms with Crippen LogP contribution in [0.3, 0.4) is 0 Å². The van der Waals surface area contributed by atoms with E-state index < -0.39 is 38.6 Å². The number of benzene rings is 1. The molecule has 0 radical (unpaired) electrons. The van der Waals surface area contributed by atoms with Gasteiger partial charge in [-0.3, -0.25) is 0 Å². The van der Waals surface area contributed by atoms with Gasteiger partial charge in [0, 0.05) is 18.3 Å². The van der Waals surface area contributed by atoms with Crippen molar-refractivity contribution in [2.45, 2.75) is 57.0 Å². The third kappa shape index (κ3) is 5.78. The van der Waals surface area contributed by atoms with Crippen LogP contribution in [0, 0.1) is 17.6 Å². The van der Waals surface area contributed by atoms with E-state index in [1.807, 2.05) is 0 Å². The number of alkyl halides is 3. The van der Waals surface area contributed by atoms with Crippen molar-refractivity contribution in [2.24, 2.45) is 5.92 Å². The van der Waals surface area contributed by atoms with Gasteiger partial charge in [-0.15, -0.1) is 0 Å². The van der Waals surface area contributed by atoms with E-state index in [1.54, 1.807) is 13.8 Å². The van der Waals surface area contributed by atoms with Crippen LogP contribution in [-0.2, 0) is 16.2 Å². The molecule has 4 nitrogen and oxygen atoms in total. The number of hydrogen-bond acceptors (Lipinski definition) is 3. The lowest BCUT2D eigenvalue weighted by molar-refractivity contribution is -0.142. The number of sulfonamides is 1. The normalized spacial score (nSPS) is 21.5. The fourth-order valence-electron chi connectivity index (χ4n) is 3.06. The van der Waals surface area contributed by atoms with Crippen molar-refractivity contribution in [3.05, 3.63) is 29.3 Å². The fraction of sp³-hybridized carbons (Fsp3) is 0.647. The van der Waals surface area contributed by atoms with Crippen molar-refractivity contribution in [1.82, 2.24) is 4.72 Å². The van der Waals surface area contributed by atoms with E-state index >= 15 is 0 Å². The lowest BCUT2D eigenvalue weighted by Crippen LogP contribution is -2.41. The van der Waals surface area contributed by atoms with Crippen LogP contribution >= 0.6 is 0 Å². The van der Waals surface area contributed by atoms with Gasteiger partial charge >= 0.3 is 6.18 Å². The molecule has 0 aromatic heterocycles. The summed E-state index contributed by atoms with van der Waals surface area (Å²) in [5.74, 6) is -3.17. The van der Waals surface area contributed by atoms with Gasteiger partial charge in [0.15, 0.2) is 0 Å². The second kappa shape index (κ2) is 8.30. The molecule has 154 valence electrons. The highest BCUT2D eigenvalue weighted by Gasteiger charge is 2.38. The molecule has 27 heavy (non-hydrogen) atoms. The van der Waals surface area contributed by atoms with E-state index in [0.717, 1.165) is 0 Å². The van der Waals surface area contributed by atoms with Gasteiger partial charge in [-0.25, -0.2) is 21.9 Å². The van der Waals surface area contributed by atoms with E-state index in [1.165, 1.54) is 0 Å². The summed E-state index contributed by atoms with van der Waals surface area (Å²) in [4.78, 5) is 0. The Morgan fingerprint density at radius 1 is 1.07 bits per heavy atom. The van der Waals surface area contributed by atoms with Gasteiger partial charge < -0.3 is 5.32 Å². The predicted octanol–water partition coefficient (Wildman–Crippen LogP) is 4.28. The standard InChI is InChI=1S/C17H23F5N2O2S/c1-10(2)27(25,26)24-12-5-3-11(4-6-12)9-23-13-7-14(18)16(15(19)8-13)17(20,21)22/h7-8,10-12,23-24H,3-6,9H2,1-2H3/t11-,12-. The minimum Gasteiger partial charge on any atom is -0.385 e. The van der Waals surface area contributed by atoms with E-state index in [0.29, 0.717) is 44.4 Å². The molecule has 1 fully saturated rings. The molecule has 1 aromatic rings. The fourth-order valence-corrected chi connectivity index (χ4v) is 4.03. The average Bonchev–Trinajstić information content (AvgIpc) is 2.51. The van der Waals surface area contributed by atoms with Crippen molar-refractivity contribution < 1.29 is 30.4 Å². The van der Waals surface area contributed by atoms with Gasteiger partial charge in [-0.2, -0.15) is 13.2 Å². The molecule has 0 aliphatic heterocycles. The van der Waals surface area contributed by atoms with Crippen LogP contribution in [0.2, 0.25) is 0 Å². The average molecular weight is 414 g/mol. The highest BCUT2D eigenvalue weighted by Crippen LogP contribution is 2.35. The van der Waals surface area contributed by atoms with Crippen LogP contribution in [0.15, 0.2) is 12.1 Å². The van der Waals surface area contributed by atoms with Crippen LogP contribution < -0.4 is 10.0 Å². The molecule has 1 saturated carbocycles. The van der Waals surface area contributed by atoms with Crippen LogP contribution in [0.4, 0.5) is 27.6 Å². The second-order valence-electron chi connectivity index (χ2n) is 7.12. The predicted molar refractivity (Wildman–Crippen MR) is 92.8 cm³/mol. The number of halogens is 5. The van der Waals surface area contributed by atoms with Gasteiger partial charge in [0.1, 0.15) is 17.2 Å². The number of nitrogens with one attached hydrogen (secondary N) is 2. The molecule has 0 unspecified atom stereocenters. The Morgan fingerprint density at radius 3 is 2.04 bits per heavy atom. The Bertz CT molecular complexity index is 734. The zero-order valence-corrected chi connectivity index (χ0v) is 15.9. The Balaban J connectivity index is 1.89. The molecule has 1 aromatic carbocycles. The molecule has 0 saturated heterocycles. The minimum absolute atomic E-state index is 0.0550. The quantitative estimate of drug-likeness (QED) is 0.683. The summed E-state index contributed by atoms with van der Waals surface area (Å²) >= 11 is 0. The highest BCUT2D eigenvalue weighted by molar-refractivity contribution is 7.90. The maximum atomic E-state index is 13.6. The zero-order valence-electron chi connectivity index (χ0n) is 15.0. The summed E-state index contributed by atoms with van der Waals surface area (Å²) in [6.45, 7) is 3.54. The topological polar surface area (TPSA) is 58.2 Å². The first-order valence-electron chi connectivity index (χ1n) is 8.71. The molecule has 0 bridgehead atoms. The van der Waals surface area contributed by atoms with Gasteiger partial charge in [0.05, 0.1) is 5.25 Å². The lowest BCUT2D eigenvalue weighted by Gasteiger charge is -2.29. The largest absolute Gasteiger partial charge is 0.422 e. The molecule has 10 heteroatoms. The summed E-state index contributed by atoms with van der Waals surface area (Å²) in [7, 11) is -3.34. The maximum Gasteiger partial charge on any atom is 0.422 e. The molecule has 2 rings (SSSR count). The molecule has 0 heterocycles. The SMILES string of the molecule is CC(C)S(=O)(=O)N[C@H]1CC[C@H](CNc2cc(F)c(C(F)(F)F)c(F)c2)CC1. The number of rotatable bonds is 6. The Hall–Kier alpha value is -1.42.